The summed E-state index contributed by atoms with van der Waals surface area (Å²) in [5.74, 6) is -1.76. The van der Waals surface area contributed by atoms with E-state index in [-0.39, 0.29) is 24.0 Å². The minimum absolute atomic E-state index is 0.0360. The molecule has 0 saturated carbocycles. The molecule has 12 nitrogen and oxygen atoms in total. The van der Waals surface area contributed by atoms with E-state index in [9.17, 15) is 19.2 Å². The average Bonchev–Trinajstić information content (AvgIpc) is 3.24. The van der Waals surface area contributed by atoms with Gasteiger partial charge in [-0.2, -0.15) is 0 Å². The van der Waals surface area contributed by atoms with Crippen LogP contribution in [0.15, 0.2) is 48.5 Å². The average molecular weight is 532 g/mol. The second kappa shape index (κ2) is 15.3. The van der Waals surface area contributed by atoms with Crippen molar-refractivity contribution in [2.75, 3.05) is 52.9 Å². The number of carbonyl (C=O) groups excluding carboxylic acids is 3. The summed E-state index contributed by atoms with van der Waals surface area (Å²) in [5, 5.41) is 9.36. The fourth-order valence-corrected chi connectivity index (χ4v) is 3.15. The number of carboxylic acid groups (broad SMARTS) is 1. The van der Waals surface area contributed by atoms with Gasteiger partial charge in [0.15, 0.2) is 0 Å². The first-order valence-electron chi connectivity index (χ1n) is 11.9. The SMILES string of the molecule is O=C(O)c1ccc(OCCOCCOCCOCCOc2ccc(C(=O)ON3C(=O)CCC3=O)cc2)cc1. The Morgan fingerprint density at radius 1 is 0.632 bits per heavy atom. The third-order valence-corrected chi connectivity index (χ3v) is 5.11. The van der Waals surface area contributed by atoms with Crippen molar-refractivity contribution in [3.05, 3.63) is 59.7 Å². The number of imide groups is 1. The zero-order valence-corrected chi connectivity index (χ0v) is 20.7. The molecule has 1 aliphatic heterocycles. The van der Waals surface area contributed by atoms with Gasteiger partial charge in [-0.05, 0) is 48.5 Å². The van der Waals surface area contributed by atoms with Crippen molar-refractivity contribution in [1.82, 2.24) is 5.06 Å². The minimum Gasteiger partial charge on any atom is -0.491 e. The van der Waals surface area contributed by atoms with E-state index < -0.39 is 23.8 Å². The van der Waals surface area contributed by atoms with E-state index in [1.165, 1.54) is 24.3 Å². The molecule has 38 heavy (non-hydrogen) atoms. The number of hydrogen-bond donors (Lipinski definition) is 1. The van der Waals surface area contributed by atoms with Gasteiger partial charge in [-0.15, -0.1) is 5.06 Å². The monoisotopic (exact) mass is 531 g/mol. The number of hydroxylamine groups is 2. The van der Waals surface area contributed by atoms with Crippen LogP contribution >= 0.6 is 0 Å². The third kappa shape index (κ3) is 9.47. The van der Waals surface area contributed by atoms with Gasteiger partial charge in [-0.1, -0.05) is 0 Å². The van der Waals surface area contributed by atoms with Gasteiger partial charge < -0.3 is 33.6 Å². The molecule has 0 unspecified atom stereocenters. The van der Waals surface area contributed by atoms with Crippen LogP contribution in [0.4, 0.5) is 0 Å². The van der Waals surface area contributed by atoms with Crippen LogP contribution < -0.4 is 9.47 Å². The topological polar surface area (TPSA) is 147 Å². The minimum atomic E-state index is -0.984. The molecule has 3 rings (SSSR count). The van der Waals surface area contributed by atoms with E-state index >= 15 is 0 Å². The second-order valence-electron chi connectivity index (χ2n) is 7.85. The molecular weight excluding hydrogens is 502 g/mol. The Morgan fingerprint density at radius 2 is 1.03 bits per heavy atom. The lowest BCUT2D eigenvalue weighted by Crippen LogP contribution is -2.32. The van der Waals surface area contributed by atoms with Crippen molar-refractivity contribution in [3.63, 3.8) is 0 Å². The van der Waals surface area contributed by atoms with Crippen molar-refractivity contribution >= 4 is 23.8 Å². The third-order valence-electron chi connectivity index (χ3n) is 5.11. The molecular formula is C26H29NO11. The molecule has 2 amide bonds. The number of benzene rings is 2. The van der Waals surface area contributed by atoms with Crippen molar-refractivity contribution in [2.45, 2.75) is 12.8 Å². The fourth-order valence-electron chi connectivity index (χ4n) is 3.15. The summed E-state index contributed by atoms with van der Waals surface area (Å²) in [5.41, 5.74) is 0.384. The first kappa shape index (κ1) is 28.6. The van der Waals surface area contributed by atoms with Crippen LogP contribution in [0, 0.1) is 0 Å². The van der Waals surface area contributed by atoms with Gasteiger partial charge >= 0.3 is 11.9 Å². The molecule has 204 valence electrons. The highest BCUT2D eigenvalue weighted by Gasteiger charge is 2.33. The molecule has 0 radical (unpaired) electrons. The standard InChI is InChI=1S/C26H29NO11/c28-23-9-10-24(29)27(23)38-26(32)20-3-7-22(8-4-20)37-18-16-35-14-12-33-11-13-34-15-17-36-21-5-1-19(2-6-21)25(30)31/h1-8H,9-18H2,(H,30,31). The number of rotatable bonds is 17. The first-order chi connectivity index (χ1) is 18.4. The number of carboxylic acids is 1. The van der Waals surface area contributed by atoms with Crippen LogP contribution in [0.5, 0.6) is 11.5 Å². The maximum absolute atomic E-state index is 12.1. The lowest BCUT2D eigenvalue weighted by molar-refractivity contribution is -0.172. The highest BCUT2D eigenvalue weighted by molar-refractivity contribution is 6.02. The molecule has 1 heterocycles. The summed E-state index contributed by atoms with van der Waals surface area (Å²) in [7, 11) is 0. The highest BCUT2D eigenvalue weighted by Crippen LogP contribution is 2.17. The van der Waals surface area contributed by atoms with Crippen LogP contribution in [-0.4, -0.2) is 86.8 Å². The lowest BCUT2D eigenvalue weighted by atomic mass is 10.2. The van der Waals surface area contributed by atoms with E-state index in [1.807, 2.05) is 0 Å². The summed E-state index contributed by atoms with van der Waals surface area (Å²) in [6.07, 6.45) is 0.0721. The molecule has 1 N–H and O–H groups in total. The maximum atomic E-state index is 12.1. The van der Waals surface area contributed by atoms with Crippen LogP contribution in [0.3, 0.4) is 0 Å². The van der Waals surface area contributed by atoms with Crippen LogP contribution in [0.25, 0.3) is 0 Å². The van der Waals surface area contributed by atoms with Gasteiger partial charge in [-0.3, -0.25) is 9.59 Å². The van der Waals surface area contributed by atoms with E-state index in [0.717, 1.165) is 0 Å². The van der Waals surface area contributed by atoms with Gasteiger partial charge in [0.05, 0.1) is 50.8 Å². The first-order valence-corrected chi connectivity index (χ1v) is 11.9. The summed E-state index contributed by atoms with van der Waals surface area (Å²) in [6, 6.07) is 12.3. The number of aromatic carboxylic acids is 1. The van der Waals surface area contributed by atoms with Crippen LogP contribution in [0.1, 0.15) is 33.6 Å². The number of carbonyl (C=O) groups is 4. The fraction of sp³-hybridized carbons (Fsp3) is 0.385. The van der Waals surface area contributed by atoms with Crippen molar-refractivity contribution in [3.8, 4) is 11.5 Å². The quantitative estimate of drug-likeness (QED) is 0.236. The highest BCUT2D eigenvalue weighted by atomic mass is 16.7. The molecule has 1 aliphatic rings. The van der Waals surface area contributed by atoms with E-state index in [0.29, 0.717) is 69.4 Å². The second-order valence-corrected chi connectivity index (χ2v) is 7.85. The largest absolute Gasteiger partial charge is 0.491 e. The van der Waals surface area contributed by atoms with Crippen molar-refractivity contribution < 1.29 is 52.8 Å². The van der Waals surface area contributed by atoms with Crippen LogP contribution in [-0.2, 0) is 28.6 Å². The predicted molar refractivity (Wildman–Crippen MR) is 130 cm³/mol. The Hall–Kier alpha value is -4.00. The molecule has 0 aliphatic carbocycles. The number of nitrogens with zero attached hydrogens (tertiary/aromatic N) is 1. The number of ether oxygens (including phenoxy) is 5. The zero-order valence-electron chi connectivity index (χ0n) is 20.7. The molecule has 1 fully saturated rings. The van der Waals surface area contributed by atoms with Gasteiger partial charge in [0.25, 0.3) is 11.8 Å². The zero-order chi connectivity index (χ0) is 27.2. The molecule has 0 aromatic heterocycles. The van der Waals surface area contributed by atoms with Gasteiger partial charge in [0, 0.05) is 12.8 Å². The summed E-state index contributed by atoms with van der Waals surface area (Å²) >= 11 is 0. The predicted octanol–water partition coefficient (Wildman–Crippen LogP) is 2.11. The normalized spacial score (nSPS) is 13.0. The Kier molecular flexibility index (Phi) is 11.5. The summed E-state index contributed by atoms with van der Waals surface area (Å²) in [4.78, 5) is 50.8. The van der Waals surface area contributed by atoms with E-state index in [1.54, 1.807) is 24.3 Å². The molecule has 1 saturated heterocycles. The van der Waals surface area contributed by atoms with Crippen molar-refractivity contribution in [1.29, 1.82) is 0 Å². The smallest absolute Gasteiger partial charge is 0.363 e. The molecule has 2 aromatic carbocycles. The molecule has 0 bridgehead atoms. The van der Waals surface area contributed by atoms with E-state index in [4.69, 9.17) is 33.6 Å². The van der Waals surface area contributed by atoms with Gasteiger partial charge in [-0.25, -0.2) is 9.59 Å². The Labute approximate surface area is 218 Å². The Balaban J connectivity index is 1.14. The maximum Gasteiger partial charge on any atom is 0.363 e. The number of hydrogen-bond acceptors (Lipinski definition) is 10. The van der Waals surface area contributed by atoms with Gasteiger partial charge in [0.1, 0.15) is 24.7 Å². The molecule has 0 spiro atoms. The van der Waals surface area contributed by atoms with Crippen molar-refractivity contribution in [2.24, 2.45) is 0 Å². The summed E-state index contributed by atoms with van der Waals surface area (Å²) in [6.45, 7) is 2.93. The Bertz CT molecular complexity index is 1050. The van der Waals surface area contributed by atoms with E-state index in [2.05, 4.69) is 0 Å². The van der Waals surface area contributed by atoms with Gasteiger partial charge in [0.2, 0.25) is 0 Å². The van der Waals surface area contributed by atoms with Crippen LogP contribution in [0.2, 0.25) is 0 Å². The number of amides is 2. The lowest BCUT2D eigenvalue weighted by Gasteiger charge is -2.12. The molecule has 2 aromatic rings. The summed E-state index contributed by atoms with van der Waals surface area (Å²) < 4.78 is 27.3. The molecule has 0 atom stereocenters. The molecule has 12 heteroatoms. The Morgan fingerprint density at radius 3 is 1.45 bits per heavy atom.